The Bertz CT molecular complexity index is 583. The maximum Gasteiger partial charge on any atom is 0.303 e. The summed E-state index contributed by atoms with van der Waals surface area (Å²) >= 11 is 5.90. The number of carbonyl (C=O) groups is 2. The maximum absolute atomic E-state index is 13.8. The normalized spacial score (nSPS) is 18.4. The Morgan fingerprint density at radius 3 is 2.85 bits per heavy atom. The second-order valence-electron chi connectivity index (χ2n) is 4.45. The average molecular weight is 299 g/mol. The number of halogens is 2. The van der Waals surface area contributed by atoms with Crippen molar-refractivity contribution in [2.24, 2.45) is 11.0 Å². The fourth-order valence-corrected chi connectivity index (χ4v) is 2.30. The molecule has 1 aliphatic rings. The lowest BCUT2D eigenvalue weighted by Gasteiger charge is -2.16. The first-order valence-electron chi connectivity index (χ1n) is 5.96. The van der Waals surface area contributed by atoms with Crippen molar-refractivity contribution in [2.45, 2.75) is 19.8 Å². The first kappa shape index (κ1) is 14.5. The number of benzene rings is 1. The summed E-state index contributed by atoms with van der Waals surface area (Å²) in [4.78, 5) is 22.8. The maximum atomic E-state index is 13.8. The van der Waals surface area contributed by atoms with Crippen molar-refractivity contribution in [3.8, 4) is 0 Å². The van der Waals surface area contributed by atoms with Gasteiger partial charge in [0.2, 0.25) is 0 Å². The third-order valence-electron chi connectivity index (χ3n) is 3.07. The van der Waals surface area contributed by atoms with E-state index in [1.165, 1.54) is 18.2 Å². The zero-order chi connectivity index (χ0) is 14.9. The molecule has 1 N–H and O–H groups in total. The predicted molar refractivity (Wildman–Crippen MR) is 72.4 cm³/mol. The second-order valence-corrected chi connectivity index (χ2v) is 4.85. The molecule has 0 aromatic heterocycles. The highest BCUT2D eigenvalue weighted by molar-refractivity contribution is 6.34. The molecule has 1 heterocycles. The number of hydrazone groups is 1. The van der Waals surface area contributed by atoms with E-state index in [-0.39, 0.29) is 23.6 Å². The minimum Gasteiger partial charge on any atom is -0.481 e. The highest BCUT2D eigenvalue weighted by Crippen LogP contribution is 2.33. The molecule has 106 valence electrons. The number of aliphatic carboxylic acids is 1. The van der Waals surface area contributed by atoms with Gasteiger partial charge in [0.1, 0.15) is 5.69 Å². The summed E-state index contributed by atoms with van der Waals surface area (Å²) in [5.74, 6) is -2.76. The SMILES string of the molecule is CC1=NN(c2c(F)cccc2Cl)C(=O)C1CCC(=O)O. The zero-order valence-electron chi connectivity index (χ0n) is 10.6. The van der Waals surface area contributed by atoms with E-state index in [0.717, 1.165) is 5.01 Å². The summed E-state index contributed by atoms with van der Waals surface area (Å²) in [7, 11) is 0. The first-order valence-corrected chi connectivity index (χ1v) is 6.34. The fraction of sp³-hybridized carbons (Fsp3) is 0.308. The summed E-state index contributed by atoms with van der Waals surface area (Å²) in [6.07, 6.45) is -0.0197. The number of carboxylic acids is 1. The van der Waals surface area contributed by atoms with Gasteiger partial charge in [-0.15, -0.1) is 0 Å². The molecule has 1 aromatic carbocycles. The van der Waals surface area contributed by atoms with Gasteiger partial charge in [-0.25, -0.2) is 4.39 Å². The first-order chi connectivity index (χ1) is 9.41. The predicted octanol–water partition coefficient (Wildman–Crippen LogP) is 2.68. The number of nitrogens with zero attached hydrogens (tertiary/aromatic N) is 2. The molecule has 1 unspecified atom stereocenters. The standard InChI is InChI=1S/C13H12ClFN2O3/c1-7-8(5-6-11(18)19)13(20)17(16-7)12-9(14)3-2-4-10(12)15/h2-4,8H,5-6H2,1H3,(H,18,19). The van der Waals surface area contributed by atoms with Gasteiger partial charge >= 0.3 is 5.97 Å². The monoisotopic (exact) mass is 298 g/mol. The fourth-order valence-electron chi connectivity index (χ4n) is 2.05. The number of anilines is 1. The van der Waals surface area contributed by atoms with E-state index in [0.29, 0.717) is 5.71 Å². The Labute approximate surface area is 119 Å². The van der Waals surface area contributed by atoms with E-state index in [9.17, 15) is 14.0 Å². The lowest BCUT2D eigenvalue weighted by molar-refractivity contribution is -0.137. The summed E-state index contributed by atoms with van der Waals surface area (Å²) in [5.41, 5.74) is 0.354. The Morgan fingerprint density at radius 2 is 2.25 bits per heavy atom. The van der Waals surface area contributed by atoms with Gasteiger partial charge in [-0.1, -0.05) is 17.7 Å². The second kappa shape index (κ2) is 5.58. The van der Waals surface area contributed by atoms with Gasteiger partial charge in [0.05, 0.1) is 10.9 Å². The van der Waals surface area contributed by atoms with E-state index in [1.54, 1.807) is 6.92 Å². The third kappa shape index (κ3) is 2.65. The van der Waals surface area contributed by atoms with Crippen LogP contribution in [-0.2, 0) is 9.59 Å². The van der Waals surface area contributed by atoms with Gasteiger partial charge < -0.3 is 5.11 Å². The van der Waals surface area contributed by atoms with Crippen LogP contribution in [0.1, 0.15) is 19.8 Å². The lowest BCUT2D eigenvalue weighted by atomic mass is 9.98. The Balaban J connectivity index is 2.28. The third-order valence-corrected chi connectivity index (χ3v) is 3.37. The molecule has 1 amide bonds. The number of carboxylic acid groups (broad SMARTS) is 1. The van der Waals surface area contributed by atoms with Crippen LogP contribution in [0.3, 0.4) is 0 Å². The van der Waals surface area contributed by atoms with Gasteiger partial charge in [0, 0.05) is 12.1 Å². The van der Waals surface area contributed by atoms with E-state index >= 15 is 0 Å². The van der Waals surface area contributed by atoms with Crippen LogP contribution in [0.25, 0.3) is 0 Å². The molecule has 7 heteroatoms. The molecule has 0 fully saturated rings. The van der Waals surface area contributed by atoms with Crippen molar-refractivity contribution >= 4 is 34.9 Å². The number of hydrogen-bond donors (Lipinski definition) is 1. The summed E-state index contributed by atoms with van der Waals surface area (Å²) in [5, 5.41) is 13.7. The zero-order valence-corrected chi connectivity index (χ0v) is 11.4. The van der Waals surface area contributed by atoms with Crippen molar-refractivity contribution in [1.29, 1.82) is 0 Å². The molecule has 0 saturated heterocycles. The van der Waals surface area contributed by atoms with Crippen molar-refractivity contribution in [3.63, 3.8) is 0 Å². The highest BCUT2D eigenvalue weighted by Gasteiger charge is 2.36. The average Bonchev–Trinajstić information content (AvgIpc) is 2.62. The van der Waals surface area contributed by atoms with E-state index in [4.69, 9.17) is 16.7 Å². The van der Waals surface area contributed by atoms with Gasteiger partial charge in [-0.3, -0.25) is 9.59 Å². The summed E-state index contributed by atoms with van der Waals surface area (Å²) in [6.45, 7) is 1.61. The van der Waals surface area contributed by atoms with E-state index in [1.807, 2.05) is 0 Å². The molecule has 0 aliphatic carbocycles. The minimum absolute atomic E-state index is 0.0776. The molecule has 20 heavy (non-hydrogen) atoms. The quantitative estimate of drug-likeness (QED) is 0.929. The van der Waals surface area contributed by atoms with Crippen LogP contribution in [-0.4, -0.2) is 22.7 Å². The number of para-hydroxylation sites is 1. The molecule has 0 radical (unpaired) electrons. The van der Waals surface area contributed by atoms with Crippen molar-refractivity contribution in [3.05, 3.63) is 29.0 Å². The highest BCUT2D eigenvalue weighted by atomic mass is 35.5. The minimum atomic E-state index is -0.993. The van der Waals surface area contributed by atoms with Gasteiger partial charge in [-0.05, 0) is 25.5 Å². The van der Waals surface area contributed by atoms with Gasteiger partial charge in [0.25, 0.3) is 5.91 Å². The molecule has 5 nitrogen and oxygen atoms in total. The number of hydrogen-bond acceptors (Lipinski definition) is 3. The molecule has 2 rings (SSSR count). The topological polar surface area (TPSA) is 70.0 Å². The molecule has 1 aromatic rings. The van der Waals surface area contributed by atoms with Crippen LogP contribution < -0.4 is 5.01 Å². The Kier molecular flexibility index (Phi) is 4.04. The Hall–Kier alpha value is -1.95. The molecular weight excluding hydrogens is 287 g/mol. The van der Waals surface area contributed by atoms with Crippen LogP contribution in [0.4, 0.5) is 10.1 Å². The number of carbonyl (C=O) groups excluding carboxylic acids is 1. The Morgan fingerprint density at radius 1 is 1.55 bits per heavy atom. The molecule has 1 atom stereocenters. The van der Waals surface area contributed by atoms with Gasteiger partial charge in [-0.2, -0.15) is 10.1 Å². The molecule has 0 bridgehead atoms. The molecule has 1 aliphatic heterocycles. The van der Waals surface area contributed by atoms with Gasteiger partial charge in [0.15, 0.2) is 5.82 Å². The smallest absolute Gasteiger partial charge is 0.303 e. The molecular formula is C13H12ClFN2O3. The van der Waals surface area contributed by atoms with Crippen LogP contribution in [0, 0.1) is 11.7 Å². The van der Waals surface area contributed by atoms with Crippen LogP contribution >= 0.6 is 11.6 Å². The van der Waals surface area contributed by atoms with Crippen molar-refractivity contribution < 1.29 is 19.1 Å². The number of amides is 1. The van der Waals surface area contributed by atoms with Crippen LogP contribution in [0.2, 0.25) is 5.02 Å². The van der Waals surface area contributed by atoms with E-state index < -0.39 is 23.6 Å². The van der Waals surface area contributed by atoms with Crippen LogP contribution in [0.15, 0.2) is 23.3 Å². The summed E-state index contributed by atoms with van der Waals surface area (Å²) in [6, 6.07) is 4.08. The van der Waals surface area contributed by atoms with Crippen molar-refractivity contribution in [2.75, 3.05) is 5.01 Å². The summed E-state index contributed by atoms with van der Waals surface area (Å²) < 4.78 is 13.8. The lowest BCUT2D eigenvalue weighted by Crippen LogP contribution is -2.28. The molecule has 0 saturated carbocycles. The molecule has 0 spiro atoms. The van der Waals surface area contributed by atoms with E-state index in [2.05, 4.69) is 5.10 Å². The largest absolute Gasteiger partial charge is 0.481 e. The number of rotatable bonds is 4. The van der Waals surface area contributed by atoms with Crippen LogP contribution in [0.5, 0.6) is 0 Å². The van der Waals surface area contributed by atoms with Crippen molar-refractivity contribution in [1.82, 2.24) is 0 Å².